The van der Waals surface area contributed by atoms with Crippen molar-refractivity contribution in [3.05, 3.63) is 104 Å². The third kappa shape index (κ3) is 4.85. The Morgan fingerprint density at radius 3 is 2.28 bits per heavy atom. The van der Waals surface area contributed by atoms with Gasteiger partial charge in [-0.3, -0.25) is 14.2 Å². The minimum atomic E-state index is -0.280. The number of nitrogens with one attached hydrogen (secondary N) is 1. The summed E-state index contributed by atoms with van der Waals surface area (Å²) in [4.78, 5) is 30.7. The van der Waals surface area contributed by atoms with Gasteiger partial charge < -0.3 is 5.32 Å². The molecule has 0 bridgehead atoms. The van der Waals surface area contributed by atoms with Crippen molar-refractivity contribution in [1.82, 2.24) is 9.55 Å². The standard InChI is InChI=1S/C25H21Cl2N3O2/c1-2-3-23-29-22-13-12-20(28-24(31)17-6-10-19(27)11-7-17)14-21(22)25(32)30(23)15-16-4-8-18(26)9-5-16/h4-14H,2-3,15H2,1H3,(H,28,31). The summed E-state index contributed by atoms with van der Waals surface area (Å²) in [6.07, 6.45) is 1.56. The van der Waals surface area contributed by atoms with Gasteiger partial charge in [0.25, 0.3) is 11.5 Å². The van der Waals surface area contributed by atoms with Gasteiger partial charge in [0.05, 0.1) is 17.4 Å². The molecule has 162 valence electrons. The lowest BCUT2D eigenvalue weighted by Gasteiger charge is -2.14. The number of carbonyl (C=O) groups is 1. The largest absolute Gasteiger partial charge is 0.322 e. The first-order valence-corrected chi connectivity index (χ1v) is 11.0. The number of aromatic nitrogens is 2. The lowest BCUT2D eigenvalue weighted by atomic mass is 10.1. The maximum atomic E-state index is 13.4. The van der Waals surface area contributed by atoms with Gasteiger partial charge in [0, 0.05) is 27.7 Å². The van der Waals surface area contributed by atoms with Crippen molar-refractivity contribution in [2.75, 3.05) is 5.32 Å². The van der Waals surface area contributed by atoms with E-state index in [9.17, 15) is 9.59 Å². The van der Waals surface area contributed by atoms with Crippen molar-refractivity contribution in [3.8, 4) is 0 Å². The number of nitrogens with zero attached hydrogens (tertiary/aromatic N) is 2. The Morgan fingerprint density at radius 1 is 0.969 bits per heavy atom. The van der Waals surface area contributed by atoms with Crippen molar-refractivity contribution < 1.29 is 4.79 Å². The topological polar surface area (TPSA) is 64.0 Å². The predicted molar refractivity (Wildman–Crippen MR) is 130 cm³/mol. The molecule has 0 radical (unpaired) electrons. The number of carbonyl (C=O) groups excluding carboxylic acids is 1. The van der Waals surface area contributed by atoms with Gasteiger partial charge in [-0.1, -0.05) is 42.3 Å². The maximum absolute atomic E-state index is 13.4. The van der Waals surface area contributed by atoms with Crippen molar-refractivity contribution in [2.45, 2.75) is 26.3 Å². The van der Waals surface area contributed by atoms with Gasteiger partial charge in [-0.15, -0.1) is 0 Å². The fourth-order valence-electron chi connectivity index (χ4n) is 3.50. The van der Waals surface area contributed by atoms with Gasteiger partial charge in [-0.05, 0) is 66.6 Å². The smallest absolute Gasteiger partial charge is 0.261 e. The first-order valence-electron chi connectivity index (χ1n) is 10.3. The second-order valence-electron chi connectivity index (χ2n) is 7.49. The third-order valence-corrected chi connectivity index (χ3v) is 5.63. The summed E-state index contributed by atoms with van der Waals surface area (Å²) in [5, 5.41) is 4.49. The molecule has 0 saturated carbocycles. The zero-order valence-corrected chi connectivity index (χ0v) is 19.0. The molecule has 0 atom stereocenters. The van der Waals surface area contributed by atoms with Crippen LogP contribution in [0.15, 0.2) is 71.5 Å². The summed E-state index contributed by atoms with van der Waals surface area (Å²) in [6.45, 7) is 2.45. The number of hydrogen-bond donors (Lipinski definition) is 1. The van der Waals surface area contributed by atoms with Crippen LogP contribution in [0.3, 0.4) is 0 Å². The number of fused-ring (bicyclic) bond motifs is 1. The summed E-state index contributed by atoms with van der Waals surface area (Å²) < 4.78 is 1.69. The van der Waals surface area contributed by atoms with Crippen molar-refractivity contribution in [3.63, 3.8) is 0 Å². The van der Waals surface area contributed by atoms with E-state index in [0.29, 0.717) is 45.2 Å². The molecule has 32 heavy (non-hydrogen) atoms. The molecular weight excluding hydrogens is 445 g/mol. The van der Waals surface area contributed by atoms with Crippen LogP contribution in [0.4, 0.5) is 5.69 Å². The Balaban J connectivity index is 1.71. The minimum absolute atomic E-state index is 0.143. The van der Waals surface area contributed by atoms with Crippen molar-refractivity contribution in [2.24, 2.45) is 0 Å². The van der Waals surface area contributed by atoms with Gasteiger partial charge >= 0.3 is 0 Å². The molecule has 1 heterocycles. The van der Waals surface area contributed by atoms with Gasteiger partial charge in [0.1, 0.15) is 5.82 Å². The second-order valence-corrected chi connectivity index (χ2v) is 8.36. The lowest BCUT2D eigenvalue weighted by molar-refractivity contribution is 0.102. The molecular formula is C25H21Cl2N3O2. The van der Waals surface area contributed by atoms with E-state index in [0.717, 1.165) is 17.8 Å². The number of aryl methyl sites for hydroxylation is 1. The Bertz CT molecular complexity index is 1330. The molecule has 0 saturated heterocycles. The van der Waals surface area contributed by atoms with Crippen LogP contribution in [0, 0.1) is 0 Å². The van der Waals surface area contributed by atoms with Crippen LogP contribution >= 0.6 is 23.2 Å². The highest BCUT2D eigenvalue weighted by atomic mass is 35.5. The normalized spacial score (nSPS) is 11.0. The molecule has 1 amide bonds. The number of halogens is 2. The SMILES string of the molecule is CCCc1nc2ccc(NC(=O)c3ccc(Cl)cc3)cc2c(=O)n1Cc1ccc(Cl)cc1. The highest BCUT2D eigenvalue weighted by Gasteiger charge is 2.13. The molecule has 7 heteroatoms. The van der Waals surface area contributed by atoms with Crippen LogP contribution in [0.2, 0.25) is 10.0 Å². The molecule has 1 N–H and O–H groups in total. The summed E-state index contributed by atoms with van der Waals surface area (Å²) in [5.74, 6) is 0.455. The molecule has 5 nitrogen and oxygen atoms in total. The highest BCUT2D eigenvalue weighted by Crippen LogP contribution is 2.19. The van der Waals surface area contributed by atoms with Crippen LogP contribution < -0.4 is 10.9 Å². The van der Waals surface area contributed by atoms with E-state index >= 15 is 0 Å². The maximum Gasteiger partial charge on any atom is 0.261 e. The monoisotopic (exact) mass is 465 g/mol. The number of amides is 1. The first kappa shape index (κ1) is 22.1. The fourth-order valence-corrected chi connectivity index (χ4v) is 3.75. The Morgan fingerprint density at radius 2 is 1.62 bits per heavy atom. The minimum Gasteiger partial charge on any atom is -0.322 e. The van der Waals surface area contributed by atoms with Crippen LogP contribution in [0.1, 0.15) is 35.1 Å². The van der Waals surface area contributed by atoms with E-state index in [1.807, 2.05) is 12.1 Å². The van der Waals surface area contributed by atoms with E-state index in [4.69, 9.17) is 28.2 Å². The summed E-state index contributed by atoms with van der Waals surface area (Å²) >= 11 is 11.9. The van der Waals surface area contributed by atoms with E-state index < -0.39 is 0 Å². The Labute approximate surface area is 195 Å². The number of rotatable bonds is 6. The fraction of sp³-hybridized carbons (Fsp3) is 0.160. The first-order chi connectivity index (χ1) is 15.4. The van der Waals surface area contributed by atoms with Gasteiger partial charge in [-0.25, -0.2) is 4.98 Å². The number of hydrogen-bond acceptors (Lipinski definition) is 3. The van der Waals surface area contributed by atoms with Crippen LogP contribution in [0.25, 0.3) is 10.9 Å². The summed E-state index contributed by atoms with van der Waals surface area (Å²) in [6, 6.07) is 19.2. The molecule has 0 unspecified atom stereocenters. The molecule has 4 aromatic rings. The van der Waals surface area contributed by atoms with Gasteiger partial charge in [0.15, 0.2) is 0 Å². The van der Waals surface area contributed by atoms with Crippen LogP contribution in [0.5, 0.6) is 0 Å². The predicted octanol–water partition coefficient (Wildman–Crippen LogP) is 5.96. The highest BCUT2D eigenvalue weighted by molar-refractivity contribution is 6.30. The zero-order valence-electron chi connectivity index (χ0n) is 17.4. The second kappa shape index (κ2) is 9.55. The average molecular weight is 466 g/mol. The van der Waals surface area contributed by atoms with Gasteiger partial charge in [0.2, 0.25) is 0 Å². The van der Waals surface area contributed by atoms with Crippen LogP contribution in [-0.2, 0) is 13.0 Å². The number of benzene rings is 3. The van der Waals surface area contributed by atoms with Crippen LogP contribution in [-0.4, -0.2) is 15.5 Å². The van der Waals surface area contributed by atoms with E-state index in [-0.39, 0.29) is 11.5 Å². The molecule has 4 rings (SSSR count). The number of anilines is 1. The van der Waals surface area contributed by atoms with E-state index in [1.165, 1.54) is 0 Å². The molecule has 3 aromatic carbocycles. The molecule has 0 aliphatic rings. The average Bonchev–Trinajstić information content (AvgIpc) is 2.79. The molecule has 1 aromatic heterocycles. The zero-order chi connectivity index (χ0) is 22.7. The summed E-state index contributed by atoms with van der Waals surface area (Å²) in [7, 11) is 0. The molecule has 0 aliphatic heterocycles. The van der Waals surface area contributed by atoms with Crippen molar-refractivity contribution >= 4 is 45.7 Å². The van der Waals surface area contributed by atoms with Crippen molar-refractivity contribution in [1.29, 1.82) is 0 Å². The lowest BCUT2D eigenvalue weighted by Crippen LogP contribution is -2.26. The summed E-state index contributed by atoms with van der Waals surface area (Å²) in [5.41, 5.74) is 2.43. The quantitative estimate of drug-likeness (QED) is 0.382. The Kier molecular flexibility index (Phi) is 6.58. The molecule has 0 fully saturated rings. The third-order valence-electron chi connectivity index (χ3n) is 5.13. The van der Waals surface area contributed by atoms with E-state index in [1.54, 1.807) is 59.2 Å². The molecule has 0 aliphatic carbocycles. The molecule has 0 spiro atoms. The van der Waals surface area contributed by atoms with Gasteiger partial charge in [-0.2, -0.15) is 0 Å². The van der Waals surface area contributed by atoms with E-state index in [2.05, 4.69) is 12.2 Å². The Hall–Kier alpha value is -3.15.